The van der Waals surface area contributed by atoms with Gasteiger partial charge in [0.15, 0.2) is 0 Å². The van der Waals surface area contributed by atoms with Gasteiger partial charge in [-0.3, -0.25) is 14.9 Å². The molecule has 0 saturated heterocycles. The first-order valence-electron chi connectivity index (χ1n) is 8.14. The van der Waals surface area contributed by atoms with Crippen LogP contribution in [-0.2, 0) is 4.79 Å². The Bertz CT molecular complexity index is 738. The van der Waals surface area contributed by atoms with Crippen LogP contribution < -0.4 is 10.6 Å². The minimum absolute atomic E-state index is 0.172. The molecule has 126 valence electrons. The lowest BCUT2D eigenvalue weighted by atomic mass is 9.90. The van der Waals surface area contributed by atoms with E-state index in [4.69, 9.17) is 0 Å². The van der Waals surface area contributed by atoms with E-state index in [1.807, 2.05) is 0 Å². The summed E-state index contributed by atoms with van der Waals surface area (Å²) in [5, 5.41) is 15.3. The normalized spacial score (nSPS) is 15.0. The second kappa shape index (κ2) is 7.53. The number of aromatic nitrogens is 2. The Morgan fingerprint density at radius 3 is 2.67 bits per heavy atom. The number of carbonyl (C=O) groups excluding carboxylic acids is 2. The van der Waals surface area contributed by atoms with E-state index in [0.29, 0.717) is 22.3 Å². The smallest absolute Gasteiger partial charge is 0.257 e. The molecular weight excluding hydrogens is 324 g/mol. The zero-order valence-electron chi connectivity index (χ0n) is 13.5. The van der Waals surface area contributed by atoms with Crippen molar-refractivity contribution in [1.82, 2.24) is 10.2 Å². The van der Waals surface area contributed by atoms with Crippen LogP contribution >= 0.6 is 11.3 Å². The monoisotopic (exact) mass is 344 g/mol. The molecule has 24 heavy (non-hydrogen) atoms. The molecule has 0 unspecified atom stereocenters. The minimum atomic E-state index is -0.256. The highest BCUT2D eigenvalue weighted by Gasteiger charge is 2.20. The second-order valence-electron chi connectivity index (χ2n) is 6.00. The van der Waals surface area contributed by atoms with E-state index < -0.39 is 0 Å². The van der Waals surface area contributed by atoms with Gasteiger partial charge in [-0.25, -0.2) is 0 Å². The molecular formula is C17H20N4O2S. The summed E-state index contributed by atoms with van der Waals surface area (Å²) in [5.41, 5.74) is 1.06. The summed E-state index contributed by atoms with van der Waals surface area (Å²) in [4.78, 5) is 23.5. The number of anilines is 2. The van der Waals surface area contributed by atoms with Gasteiger partial charge in [0.1, 0.15) is 5.01 Å². The average molecular weight is 344 g/mol. The number of nitrogens with zero attached hydrogens (tertiary/aromatic N) is 2. The van der Waals surface area contributed by atoms with Gasteiger partial charge in [0.25, 0.3) is 5.91 Å². The van der Waals surface area contributed by atoms with E-state index in [0.717, 1.165) is 17.8 Å². The highest BCUT2D eigenvalue weighted by atomic mass is 32.1. The molecule has 1 saturated carbocycles. The molecule has 1 fully saturated rings. The highest BCUT2D eigenvalue weighted by molar-refractivity contribution is 7.15. The Kier molecular flexibility index (Phi) is 5.20. The molecule has 0 spiro atoms. The van der Waals surface area contributed by atoms with Crippen molar-refractivity contribution < 1.29 is 9.59 Å². The molecule has 1 aliphatic carbocycles. The number of rotatable bonds is 4. The van der Waals surface area contributed by atoms with E-state index in [1.165, 1.54) is 37.5 Å². The first-order chi connectivity index (χ1) is 11.6. The van der Waals surface area contributed by atoms with Gasteiger partial charge < -0.3 is 5.32 Å². The van der Waals surface area contributed by atoms with Gasteiger partial charge in [0, 0.05) is 24.1 Å². The van der Waals surface area contributed by atoms with Gasteiger partial charge in [-0.2, -0.15) is 0 Å². The number of nitrogens with one attached hydrogen (secondary N) is 2. The van der Waals surface area contributed by atoms with Crippen LogP contribution in [0.4, 0.5) is 10.8 Å². The fourth-order valence-electron chi connectivity index (χ4n) is 2.91. The number of benzene rings is 1. The summed E-state index contributed by atoms with van der Waals surface area (Å²) >= 11 is 1.45. The Labute approximate surface area is 144 Å². The fourth-order valence-corrected chi connectivity index (χ4v) is 3.82. The average Bonchev–Trinajstić information content (AvgIpc) is 3.04. The zero-order valence-corrected chi connectivity index (χ0v) is 14.4. The van der Waals surface area contributed by atoms with Gasteiger partial charge in [-0.15, -0.1) is 10.2 Å². The number of hydrogen-bond acceptors (Lipinski definition) is 5. The van der Waals surface area contributed by atoms with Crippen LogP contribution in [0.15, 0.2) is 24.3 Å². The zero-order chi connectivity index (χ0) is 16.9. The summed E-state index contributed by atoms with van der Waals surface area (Å²) in [7, 11) is 0. The van der Waals surface area contributed by atoms with Crippen molar-refractivity contribution in [2.24, 2.45) is 0 Å². The molecule has 3 rings (SSSR count). The predicted octanol–water partition coefficient (Wildman–Crippen LogP) is 3.80. The van der Waals surface area contributed by atoms with Gasteiger partial charge in [-0.1, -0.05) is 36.7 Å². The van der Waals surface area contributed by atoms with E-state index in [9.17, 15) is 9.59 Å². The third kappa shape index (κ3) is 4.17. The SMILES string of the molecule is CC(=O)Nc1cccc(C(=O)Nc2nnc(C3CCCCC3)s2)c1. The third-order valence-electron chi connectivity index (χ3n) is 4.06. The van der Waals surface area contributed by atoms with Crippen molar-refractivity contribution >= 4 is 34.0 Å². The maximum Gasteiger partial charge on any atom is 0.257 e. The molecule has 2 amide bonds. The summed E-state index contributed by atoms with van der Waals surface area (Å²) in [5.74, 6) is 0.0485. The fraction of sp³-hybridized carbons (Fsp3) is 0.412. The summed E-state index contributed by atoms with van der Waals surface area (Å²) in [6, 6.07) is 6.81. The molecule has 2 N–H and O–H groups in total. The van der Waals surface area contributed by atoms with Crippen molar-refractivity contribution in [3.8, 4) is 0 Å². The van der Waals surface area contributed by atoms with E-state index >= 15 is 0 Å². The van der Waals surface area contributed by atoms with Crippen molar-refractivity contribution in [3.05, 3.63) is 34.8 Å². The number of carbonyl (C=O) groups is 2. The molecule has 2 aromatic rings. The molecule has 1 aromatic heterocycles. The Hall–Kier alpha value is -2.28. The lowest BCUT2D eigenvalue weighted by Gasteiger charge is -2.18. The van der Waals surface area contributed by atoms with Gasteiger partial charge in [-0.05, 0) is 31.0 Å². The molecule has 6 nitrogen and oxygen atoms in total. The Morgan fingerprint density at radius 2 is 1.92 bits per heavy atom. The molecule has 1 aromatic carbocycles. The van der Waals surface area contributed by atoms with Gasteiger partial charge >= 0.3 is 0 Å². The molecule has 1 heterocycles. The predicted molar refractivity (Wildman–Crippen MR) is 94.4 cm³/mol. The number of hydrogen-bond donors (Lipinski definition) is 2. The second-order valence-corrected chi connectivity index (χ2v) is 7.01. The van der Waals surface area contributed by atoms with Crippen LogP contribution in [0, 0.1) is 0 Å². The largest absolute Gasteiger partial charge is 0.326 e. The van der Waals surface area contributed by atoms with E-state index in [1.54, 1.807) is 24.3 Å². The molecule has 0 bridgehead atoms. The molecule has 7 heteroatoms. The van der Waals surface area contributed by atoms with Crippen LogP contribution in [0.25, 0.3) is 0 Å². The molecule has 0 radical (unpaired) electrons. The van der Waals surface area contributed by atoms with Gasteiger partial charge in [0.2, 0.25) is 11.0 Å². The van der Waals surface area contributed by atoms with Crippen LogP contribution in [0.2, 0.25) is 0 Å². The summed E-state index contributed by atoms with van der Waals surface area (Å²) < 4.78 is 0. The molecule has 0 atom stereocenters. The van der Waals surface area contributed by atoms with Crippen molar-refractivity contribution in [2.75, 3.05) is 10.6 Å². The maximum atomic E-state index is 12.4. The quantitative estimate of drug-likeness (QED) is 0.883. The minimum Gasteiger partial charge on any atom is -0.326 e. The number of amides is 2. The van der Waals surface area contributed by atoms with Crippen molar-refractivity contribution in [1.29, 1.82) is 0 Å². The summed E-state index contributed by atoms with van der Waals surface area (Å²) in [6.07, 6.45) is 6.08. The Balaban J connectivity index is 1.66. The maximum absolute atomic E-state index is 12.4. The first kappa shape index (κ1) is 16.6. The first-order valence-corrected chi connectivity index (χ1v) is 8.96. The lowest BCUT2D eigenvalue weighted by Crippen LogP contribution is -2.13. The molecule has 0 aliphatic heterocycles. The Morgan fingerprint density at radius 1 is 1.12 bits per heavy atom. The van der Waals surface area contributed by atoms with Crippen molar-refractivity contribution in [3.63, 3.8) is 0 Å². The van der Waals surface area contributed by atoms with Gasteiger partial charge in [0.05, 0.1) is 0 Å². The van der Waals surface area contributed by atoms with Crippen LogP contribution in [-0.4, -0.2) is 22.0 Å². The molecule has 1 aliphatic rings. The summed E-state index contributed by atoms with van der Waals surface area (Å²) in [6.45, 7) is 1.43. The van der Waals surface area contributed by atoms with Crippen LogP contribution in [0.1, 0.15) is 60.3 Å². The highest BCUT2D eigenvalue weighted by Crippen LogP contribution is 2.35. The topological polar surface area (TPSA) is 84.0 Å². The van der Waals surface area contributed by atoms with Crippen molar-refractivity contribution in [2.45, 2.75) is 44.9 Å². The lowest BCUT2D eigenvalue weighted by molar-refractivity contribution is -0.114. The van der Waals surface area contributed by atoms with E-state index in [2.05, 4.69) is 20.8 Å². The standard InChI is InChI=1S/C17H20N4O2S/c1-11(22)18-14-9-5-8-13(10-14)15(23)19-17-21-20-16(24-17)12-6-3-2-4-7-12/h5,8-10,12H,2-4,6-7H2,1H3,(H,18,22)(H,19,21,23). The van der Waals surface area contributed by atoms with Crippen LogP contribution in [0.5, 0.6) is 0 Å². The van der Waals surface area contributed by atoms with E-state index in [-0.39, 0.29) is 11.8 Å². The third-order valence-corrected chi connectivity index (χ3v) is 5.06. The van der Waals surface area contributed by atoms with Crippen LogP contribution in [0.3, 0.4) is 0 Å².